The summed E-state index contributed by atoms with van der Waals surface area (Å²) < 4.78 is 4.60. The maximum Gasteiger partial charge on any atom is 0.354 e. The molecule has 0 unspecified atom stereocenters. The summed E-state index contributed by atoms with van der Waals surface area (Å²) in [5.41, 5.74) is 0.845. The Labute approximate surface area is 100 Å². The van der Waals surface area contributed by atoms with Crippen LogP contribution in [0.5, 0.6) is 0 Å². The summed E-state index contributed by atoms with van der Waals surface area (Å²) in [5.74, 6) is -0.367. The van der Waals surface area contributed by atoms with Crippen molar-refractivity contribution < 1.29 is 14.6 Å². The monoisotopic (exact) mass is 238 g/mol. The zero-order valence-electron chi connectivity index (χ0n) is 9.95. The molecule has 1 aromatic rings. The number of esters is 1. The SMILES string of the molecule is COC(=O)c1ccc(CNCC2(O)CCC2)[nH]1. The van der Waals surface area contributed by atoms with Crippen LogP contribution in [0.25, 0.3) is 0 Å². The highest BCUT2D eigenvalue weighted by atomic mass is 16.5. The summed E-state index contributed by atoms with van der Waals surface area (Å²) in [4.78, 5) is 14.2. The fourth-order valence-corrected chi connectivity index (χ4v) is 1.96. The van der Waals surface area contributed by atoms with Gasteiger partial charge in [-0.25, -0.2) is 4.79 Å². The van der Waals surface area contributed by atoms with E-state index in [0.29, 0.717) is 18.8 Å². The molecule has 2 rings (SSSR count). The van der Waals surface area contributed by atoms with Crippen LogP contribution >= 0.6 is 0 Å². The Balaban J connectivity index is 1.79. The number of ether oxygens (including phenoxy) is 1. The van der Waals surface area contributed by atoms with Crippen LogP contribution in [0.1, 0.15) is 35.4 Å². The standard InChI is InChI=1S/C12H18N2O3/c1-17-11(15)10-4-3-9(14-10)7-13-8-12(16)5-2-6-12/h3-4,13-14,16H,2,5-8H2,1H3. The number of carbonyl (C=O) groups excluding carboxylic acids is 1. The van der Waals surface area contributed by atoms with Gasteiger partial charge in [-0.1, -0.05) is 0 Å². The molecule has 17 heavy (non-hydrogen) atoms. The molecule has 0 aromatic carbocycles. The van der Waals surface area contributed by atoms with E-state index in [0.717, 1.165) is 25.0 Å². The van der Waals surface area contributed by atoms with Crippen LogP contribution in [-0.4, -0.2) is 35.3 Å². The summed E-state index contributed by atoms with van der Waals surface area (Å²) in [7, 11) is 1.35. The molecule has 0 atom stereocenters. The third-order valence-corrected chi connectivity index (χ3v) is 3.21. The molecule has 1 aliphatic rings. The Morgan fingerprint density at radius 3 is 2.94 bits per heavy atom. The number of methoxy groups -OCH3 is 1. The van der Waals surface area contributed by atoms with Crippen molar-refractivity contribution in [3.63, 3.8) is 0 Å². The minimum atomic E-state index is -0.516. The molecule has 0 radical (unpaired) electrons. The Kier molecular flexibility index (Phi) is 3.49. The van der Waals surface area contributed by atoms with Gasteiger partial charge in [0.25, 0.3) is 0 Å². The molecule has 0 amide bonds. The van der Waals surface area contributed by atoms with Crippen LogP contribution in [0.2, 0.25) is 0 Å². The van der Waals surface area contributed by atoms with E-state index < -0.39 is 5.60 Å². The van der Waals surface area contributed by atoms with E-state index in [-0.39, 0.29) is 5.97 Å². The first-order chi connectivity index (χ1) is 8.13. The van der Waals surface area contributed by atoms with Gasteiger partial charge >= 0.3 is 5.97 Å². The van der Waals surface area contributed by atoms with Gasteiger partial charge in [0.05, 0.1) is 12.7 Å². The van der Waals surface area contributed by atoms with Crippen molar-refractivity contribution in [3.05, 3.63) is 23.5 Å². The molecule has 1 heterocycles. The molecular weight excluding hydrogens is 220 g/mol. The van der Waals surface area contributed by atoms with Crippen LogP contribution in [0.15, 0.2) is 12.1 Å². The van der Waals surface area contributed by atoms with Crippen molar-refractivity contribution in [1.82, 2.24) is 10.3 Å². The number of carbonyl (C=O) groups is 1. The fourth-order valence-electron chi connectivity index (χ4n) is 1.96. The summed E-state index contributed by atoms with van der Waals surface area (Å²) in [5, 5.41) is 13.1. The Bertz CT molecular complexity index is 396. The molecule has 1 fully saturated rings. The molecule has 0 bridgehead atoms. The minimum absolute atomic E-state index is 0.367. The van der Waals surface area contributed by atoms with E-state index in [2.05, 4.69) is 15.0 Å². The second kappa shape index (κ2) is 4.89. The quantitative estimate of drug-likeness (QED) is 0.663. The molecule has 1 saturated carbocycles. The predicted molar refractivity (Wildman–Crippen MR) is 62.6 cm³/mol. The van der Waals surface area contributed by atoms with Gasteiger partial charge in [0, 0.05) is 18.8 Å². The minimum Gasteiger partial charge on any atom is -0.464 e. The highest BCUT2D eigenvalue weighted by Crippen LogP contribution is 2.30. The molecule has 0 aliphatic heterocycles. The van der Waals surface area contributed by atoms with Crippen molar-refractivity contribution in [3.8, 4) is 0 Å². The molecule has 1 aliphatic carbocycles. The van der Waals surface area contributed by atoms with E-state index in [1.807, 2.05) is 6.07 Å². The van der Waals surface area contributed by atoms with Gasteiger partial charge in [-0.05, 0) is 31.4 Å². The smallest absolute Gasteiger partial charge is 0.354 e. The van der Waals surface area contributed by atoms with Gasteiger partial charge in [-0.15, -0.1) is 0 Å². The van der Waals surface area contributed by atoms with Crippen LogP contribution < -0.4 is 5.32 Å². The van der Waals surface area contributed by atoms with Crippen molar-refractivity contribution >= 4 is 5.97 Å². The maximum atomic E-state index is 11.2. The first-order valence-electron chi connectivity index (χ1n) is 5.82. The molecule has 3 N–H and O–H groups in total. The van der Waals surface area contributed by atoms with Crippen molar-refractivity contribution in [2.45, 2.75) is 31.4 Å². The van der Waals surface area contributed by atoms with Gasteiger partial charge in [-0.2, -0.15) is 0 Å². The normalized spacial score (nSPS) is 17.5. The number of hydrogen-bond donors (Lipinski definition) is 3. The summed E-state index contributed by atoms with van der Waals surface area (Å²) >= 11 is 0. The number of rotatable bonds is 5. The van der Waals surface area contributed by atoms with Crippen LogP contribution in [-0.2, 0) is 11.3 Å². The average Bonchev–Trinajstić information content (AvgIpc) is 2.74. The van der Waals surface area contributed by atoms with Crippen LogP contribution in [0.3, 0.4) is 0 Å². The number of aromatic amines is 1. The first-order valence-corrected chi connectivity index (χ1v) is 5.82. The number of aliphatic hydroxyl groups is 1. The Morgan fingerprint density at radius 2 is 2.35 bits per heavy atom. The highest BCUT2D eigenvalue weighted by Gasteiger charge is 2.33. The molecular formula is C12H18N2O3. The number of hydrogen-bond acceptors (Lipinski definition) is 4. The predicted octanol–water partition coefficient (Wildman–Crippen LogP) is 0.806. The molecule has 1 aromatic heterocycles. The summed E-state index contributed by atoms with van der Waals surface area (Å²) in [6.45, 7) is 1.21. The van der Waals surface area contributed by atoms with E-state index >= 15 is 0 Å². The second-order valence-electron chi connectivity index (χ2n) is 4.57. The van der Waals surface area contributed by atoms with E-state index in [4.69, 9.17) is 0 Å². The van der Waals surface area contributed by atoms with Gasteiger partial charge < -0.3 is 20.1 Å². The van der Waals surface area contributed by atoms with Gasteiger partial charge in [0.2, 0.25) is 0 Å². The lowest BCUT2D eigenvalue weighted by Crippen LogP contribution is -2.46. The number of nitrogens with one attached hydrogen (secondary N) is 2. The van der Waals surface area contributed by atoms with Crippen molar-refractivity contribution in [2.24, 2.45) is 0 Å². The van der Waals surface area contributed by atoms with E-state index in [1.165, 1.54) is 7.11 Å². The maximum absolute atomic E-state index is 11.2. The molecule has 94 valence electrons. The third kappa shape index (κ3) is 2.87. The van der Waals surface area contributed by atoms with Gasteiger partial charge in [-0.3, -0.25) is 0 Å². The fraction of sp³-hybridized carbons (Fsp3) is 0.583. The summed E-state index contributed by atoms with van der Waals surface area (Å²) in [6, 6.07) is 3.53. The van der Waals surface area contributed by atoms with E-state index in [9.17, 15) is 9.90 Å². The molecule has 0 spiro atoms. The zero-order chi connectivity index (χ0) is 12.3. The molecule has 5 heteroatoms. The summed E-state index contributed by atoms with van der Waals surface area (Å²) in [6.07, 6.45) is 2.85. The van der Waals surface area contributed by atoms with Gasteiger partial charge in [0.15, 0.2) is 0 Å². The zero-order valence-corrected chi connectivity index (χ0v) is 9.95. The second-order valence-corrected chi connectivity index (χ2v) is 4.57. The highest BCUT2D eigenvalue weighted by molar-refractivity contribution is 5.87. The lowest BCUT2D eigenvalue weighted by Gasteiger charge is -2.36. The average molecular weight is 238 g/mol. The number of H-pyrrole nitrogens is 1. The topological polar surface area (TPSA) is 74.3 Å². The Hall–Kier alpha value is -1.33. The van der Waals surface area contributed by atoms with Crippen LogP contribution in [0.4, 0.5) is 0 Å². The van der Waals surface area contributed by atoms with Crippen LogP contribution in [0, 0.1) is 0 Å². The van der Waals surface area contributed by atoms with Gasteiger partial charge in [0.1, 0.15) is 5.69 Å². The number of aromatic nitrogens is 1. The largest absolute Gasteiger partial charge is 0.464 e. The first kappa shape index (κ1) is 12.1. The lowest BCUT2D eigenvalue weighted by atomic mass is 9.80. The Morgan fingerprint density at radius 1 is 1.59 bits per heavy atom. The third-order valence-electron chi connectivity index (χ3n) is 3.21. The lowest BCUT2D eigenvalue weighted by molar-refractivity contribution is -0.0315. The van der Waals surface area contributed by atoms with Crippen molar-refractivity contribution in [2.75, 3.05) is 13.7 Å². The molecule has 0 saturated heterocycles. The van der Waals surface area contributed by atoms with E-state index in [1.54, 1.807) is 6.07 Å². The van der Waals surface area contributed by atoms with Crippen molar-refractivity contribution in [1.29, 1.82) is 0 Å². The molecule has 5 nitrogen and oxygen atoms in total.